The number of rotatable bonds is 11. The first-order valence-electron chi connectivity index (χ1n) is 13.6. The molecule has 7 nitrogen and oxygen atoms in total. The molecular weight excluding hydrogens is 548 g/mol. The van der Waals surface area contributed by atoms with Gasteiger partial charge >= 0.3 is 5.97 Å². The number of carboxylic acids is 1. The third kappa shape index (κ3) is 7.27. The Hall–Kier alpha value is -4.82. The van der Waals surface area contributed by atoms with Crippen molar-refractivity contribution in [3.63, 3.8) is 0 Å². The van der Waals surface area contributed by atoms with Gasteiger partial charge in [-0.05, 0) is 71.3 Å². The summed E-state index contributed by atoms with van der Waals surface area (Å²) in [7, 11) is 0. The number of ether oxygens (including phenoxy) is 2. The van der Waals surface area contributed by atoms with Crippen LogP contribution in [0.4, 0.5) is 0 Å². The Morgan fingerprint density at radius 1 is 0.857 bits per heavy atom. The molecule has 0 atom stereocenters. The molecular formula is C34H30N2O5S. The van der Waals surface area contributed by atoms with Gasteiger partial charge in [0.05, 0.1) is 30.2 Å². The highest BCUT2D eigenvalue weighted by Crippen LogP contribution is 2.36. The molecule has 42 heavy (non-hydrogen) atoms. The Kier molecular flexibility index (Phi) is 9.36. The maximum atomic E-state index is 13.6. The zero-order valence-corrected chi connectivity index (χ0v) is 23.9. The van der Waals surface area contributed by atoms with Gasteiger partial charge in [-0.2, -0.15) is 0 Å². The van der Waals surface area contributed by atoms with Crippen LogP contribution in [-0.4, -0.2) is 33.7 Å². The molecule has 1 amide bonds. The number of nitrogens with zero attached hydrogens (tertiary/aromatic N) is 2. The molecule has 1 fully saturated rings. The largest absolute Gasteiger partial charge is 0.490 e. The summed E-state index contributed by atoms with van der Waals surface area (Å²) in [6.45, 7) is 3.51. The number of benzene rings is 4. The second-order valence-corrected chi connectivity index (χ2v) is 10.5. The van der Waals surface area contributed by atoms with Gasteiger partial charge in [0.2, 0.25) is 0 Å². The van der Waals surface area contributed by atoms with Crippen molar-refractivity contribution < 1.29 is 24.2 Å². The summed E-state index contributed by atoms with van der Waals surface area (Å²) in [6, 6.07) is 32.0. The number of carbonyl (C=O) groups is 2. The topological polar surface area (TPSA) is 88.4 Å². The molecule has 0 bridgehead atoms. The summed E-state index contributed by atoms with van der Waals surface area (Å²) in [4.78, 5) is 31.8. The van der Waals surface area contributed by atoms with E-state index in [9.17, 15) is 9.59 Å². The van der Waals surface area contributed by atoms with Crippen molar-refractivity contribution in [1.29, 1.82) is 0 Å². The Balaban J connectivity index is 1.36. The highest BCUT2D eigenvalue weighted by molar-refractivity contribution is 8.18. The summed E-state index contributed by atoms with van der Waals surface area (Å²) < 4.78 is 11.9. The van der Waals surface area contributed by atoms with Crippen molar-refractivity contribution in [2.75, 3.05) is 6.61 Å². The van der Waals surface area contributed by atoms with Crippen molar-refractivity contribution >= 4 is 34.9 Å². The van der Waals surface area contributed by atoms with Crippen LogP contribution in [0.5, 0.6) is 11.5 Å². The van der Waals surface area contributed by atoms with E-state index in [2.05, 4.69) is 0 Å². The molecule has 1 aliphatic rings. The molecule has 1 aliphatic heterocycles. The highest BCUT2D eigenvalue weighted by Gasteiger charge is 2.33. The molecule has 0 unspecified atom stereocenters. The maximum absolute atomic E-state index is 13.6. The second kappa shape index (κ2) is 13.7. The van der Waals surface area contributed by atoms with Crippen molar-refractivity contribution in [3.8, 4) is 11.5 Å². The van der Waals surface area contributed by atoms with Crippen LogP contribution in [0, 0.1) is 0 Å². The molecule has 8 heteroatoms. The van der Waals surface area contributed by atoms with E-state index in [4.69, 9.17) is 19.6 Å². The number of carboxylic acid groups (broad SMARTS) is 1. The number of hydrogen-bond acceptors (Lipinski definition) is 6. The molecule has 1 N–H and O–H groups in total. The molecule has 0 spiro atoms. The van der Waals surface area contributed by atoms with Crippen LogP contribution in [0.1, 0.15) is 39.5 Å². The van der Waals surface area contributed by atoms with E-state index in [1.807, 2.05) is 91.9 Å². The summed E-state index contributed by atoms with van der Waals surface area (Å²) >= 11 is 1.37. The van der Waals surface area contributed by atoms with Gasteiger partial charge in [-0.15, -0.1) is 0 Å². The van der Waals surface area contributed by atoms with Crippen LogP contribution in [0.2, 0.25) is 0 Å². The van der Waals surface area contributed by atoms with Gasteiger partial charge in [-0.25, -0.2) is 4.79 Å². The van der Waals surface area contributed by atoms with Crippen molar-refractivity contribution in [2.45, 2.75) is 26.6 Å². The van der Waals surface area contributed by atoms with Gasteiger partial charge in [0, 0.05) is 0 Å². The van der Waals surface area contributed by atoms with E-state index < -0.39 is 5.97 Å². The molecule has 0 aromatic heterocycles. The predicted octanol–water partition coefficient (Wildman–Crippen LogP) is 7.04. The number of amidine groups is 1. The summed E-state index contributed by atoms with van der Waals surface area (Å²) in [5.74, 6) is 0.0485. The van der Waals surface area contributed by atoms with E-state index in [1.165, 1.54) is 11.8 Å². The fraction of sp³-hybridized carbons (Fsp3) is 0.147. The lowest BCUT2D eigenvalue weighted by atomic mass is 10.1. The quantitative estimate of drug-likeness (QED) is 0.192. The Labute approximate surface area is 249 Å². The molecule has 4 aromatic rings. The van der Waals surface area contributed by atoms with Crippen LogP contribution >= 0.6 is 11.8 Å². The van der Waals surface area contributed by atoms with Crippen molar-refractivity contribution in [3.05, 3.63) is 136 Å². The fourth-order valence-electron chi connectivity index (χ4n) is 4.33. The first-order chi connectivity index (χ1) is 20.5. The smallest absolute Gasteiger partial charge is 0.335 e. The average Bonchev–Trinajstić information content (AvgIpc) is 3.30. The molecule has 1 saturated heterocycles. The number of aliphatic imine (C=N–C) groups is 1. The minimum Gasteiger partial charge on any atom is -0.490 e. The monoisotopic (exact) mass is 578 g/mol. The van der Waals surface area contributed by atoms with Crippen LogP contribution in [0.15, 0.2) is 113 Å². The SMILES string of the molecule is CCOc1cc(/C=C2/SC(=NCc3ccccc3)N(Cc3ccccc3)C2=O)ccc1OCc1ccc(C(=O)O)cc1. The van der Waals surface area contributed by atoms with Crippen LogP contribution in [-0.2, 0) is 24.5 Å². The fourth-order valence-corrected chi connectivity index (χ4v) is 5.31. The lowest BCUT2D eigenvalue weighted by molar-refractivity contribution is -0.122. The first-order valence-corrected chi connectivity index (χ1v) is 14.4. The number of aromatic carboxylic acids is 1. The summed E-state index contributed by atoms with van der Waals surface area (Å²) in [6.07, 6.45) is 1.85. The third-order valence-electron chi connectivity index (χ3n) is 6.47. The van der Waals surface area contributed by atoms with Gasteiger partial charge < -0.3 is 14.6 Å². The lowest BCUT2D eigenvalue weighted by Gasteiger charge is -2.15. The molecule has 212 valence electrons. The molecule has 0 radical (unpaired) electrons. The van der Waals surface area contributed by atoms with Crippen molar-refractivity contribution in [1.82, 2.24) is 4.90 Å². The Bertz CT molecular complexity index is 1600. The number of amides is 1. The number of carbonyl (C=O) groups excluding carboxylic acids is 1. The van der Waals surface area contributed by atoms with E-state index >= 15 is 0 Å². The first kappa shape index (κ1) is 28.7. The molecule has 0 aliphatic carbocycles. The highest BCUT2D eigenvalue weighted by atomic mass is 32.2. The van der Waals surface area contributed by atoms with E-state index in [1.54, 1.807) is 29.2 Å². The van der Waals surface area contributed by atoms with Crippen molar-refractivity contribution in [2.24, 2.45) is 4.99 Å². The summed E-state index contributed by atoms with van der Waals surface area (Å²) in [5.41, 5.74) is 3.96. The Morgan fingerprint density at radius 2 is 1.55 bits per heavy atom. The van der Waals surface area contributed by atoms with E-state index in [0.717, 1.165) is 22.3 Å². The summed E-state index contributed by atoms with van der Waals surface area (Å²) in [5, 5.41) is 9.77. The standard InChI is InChI=1S/C34H30N2O5S/c1-2-40-30-19-27(15-18-29(30)41-23-26-13-16-28(17-14-26)33(38)39)20-31-32(37)36(22-25-11-7-4-8-12-25)34(42-31)35-21-24-9-5-3-6-10-24/h3-20H,2,21-23H2,1H3,(H,38,39)/b31-20+,35-34?. The minimum atomic E-state index is -0.970. The predicted molar refractivity (Wildman–Crippen MR) is 165 cm³/mol. The number of hydrogen-bond donors (Lipinski definition) is 1. The number of thioether (sulfide) groups is 1. The zero-order valence-electron chi connectivity index (χ0n) is 23.1. The molecule has 4 aromatic carbocycles. The second-order valence-electron chi connectivity index (χ2n) is 9.50. The maximum Gasteiger partial charge on any atom is 0.335 e. The van der Waals surface area contributed by atoms with E-state index in [0.29, 0.717) is 41.3 Å². The molecule has 5 rings (SSSR count). The molecule has 0 saturated carbocycles. The van der Waals surface area contributed by atoms with Crippen LogP contribution in [0.3, 0.4) is 0 Å². The lowest BCUT2D eigenvalue weighted by Crippen LogP contribution is -2.28. The third-order valence-corrected chi connectivity index (χ3v) is 7.52. The van der Waals surface area contributed by atoms with E-state index in [-0.39, 0.29) is 18.1 Å². The zero-order chi connectivity index (χ0) is 29.3. The van der Waals surface area contributed by atoms with Crippen LogP contribution in [0.25, 0.3) is 6.08 Å². The van der Waals surface area contributed by atoms with Gasteiger partial charge in [0.1, 0.15) is 6.61 Å². The van der Waals surface area contributed by atoms with Gasteiger partial charge in [-0.3, -0.25) is 14.7 Å². The van der Waals surface area contributed by atoms with Gasteiger partial charge in [0.15, 0.2) is 16.7 Å². The molecule has 1 heterocycles. The normalized spacial score (nSPS) is 14.9. The van der Waals surface area contributed by atoms with Gasteiger partial charge in [0.25, 0.3) is 5.91 Å². The Morgan fingerprint density at radius 3 is 2.21 bits per heavy atom. The minimum absolute atomic E-state index is 0.0984. The van der Waals surface area contributed by atoms with Crippen LogP contribution < -0.4 is 9.47 Å². The van der Waals surface area contributed by atoms with Gasteiger partial charge in [-0.1, -0.05) is 78.9 Å². The average molecular weight is 579 g/mol.